The first-order valence-electron chi connectivity index (χ1n) is 8.91. The van der Waals surface area contributed by atoms with E-state index in [9.17, 15) is 9.59 Å². The average Bonchev–Trinajstić information content (AvgIpc) is 2.62. The van der Waals surface area contributed by atoms with Crippen molar-refractivity contribution < 1.29 is 14.7 Å². The third kappa shape index (κ3) is 4.81. The Morgan fingerprint density at radius 1 is 1.04 bits per heavy atom. The van der Waals surface area contributed by atoms with Crippen molar-refractivity contribution in [1.29, 1.82) is 0 Å². The third-order valence-electron chi connectivity index (χ3n) is 4.87. The number of rotatable bonds is 5. The van der Waals surface area contributed by atoms with E-state index in [1.807, 2.05) is 18.2 Å². The van der Waals surface area contributed by atoms with E-state index in [2.05, 4.69) is 24.5 Å². The lowest BCUT2D eigenvalue weighted by Crippen LogP contribution is -2.43. The Morgan fingerprint density at radius 3 is 2.29 bits per heavy atom. The van der Waals surface area contributed by atoms with E-state index in [1.54, 1.807) is 0 Å². The van der Waals surface area contributed by atoms with E-state index in [4.69, 9.17) is 5.11 Å². The minimum absolute atomic E-state index is 0.0275. The van der Waals surface area contributed by atoms with Gasteiger partial charge in [0.15, 0.2) is 0 Å². The molecule has 3 N–H and O–H groups in total. The SMILES string of the molecule is CCc1ccc(NC(=O)C(=O)NC2CCC(CO)CC2)cc1CC. The van der Waals surface area contributed by atoms with Crippen molar-refractivity contribution in [2.75, 3.05) is 11.9 Å². The molecule has 1 aliphatic carbocycles. The lowest BCUT2D eigenvalue weighted by molar-refractivity contribution is -0.136. The second-order valence-corrected chi connectivity index (χ2v) is 6.52. The largest absolute Gasteiger partial charge is 0.396 e. The highest BCUT2D eigenvalue weighted by Crippen LogP contribution is 2.23. The fourth-order valence-electron chi connectivity index (χ4n) is 3.31. The minimum Gasteiger partial charge on any atom is -0.396 e. The van der Waals surface area contributed by atoms with Gasteiger partial charge in [0.1, 0.15) is 0 Å². The van der Waals surface area contributed by atoms with Gasteiger partial charge in [0.2, 0.25) is 0 Å². The Hall–Kier alpha value is -1.88. The molecule has 1 fully saturated rings. The van der Waals surface area contributed by atoms with Gasteiger partial charge in [-0.25, -0.2) is 0 Å². The summed E-state index contributed by atoms with van der Waals surface area (Å²) in [7, 11) is 0. The highest BCUT2D eigenvalue weighted by Gasteiger charge is 2.24. The van der Waals surface area contributed by atoms with Gasteiger partial charge in [-0.3, -0.25) is 9.59 Å². The number of hydrogen-bond acceptors (Lipinski definition) is 3. The number of benzene rings is 1. The molecule has 1 aromatic rings. The summed E-state index contributed by atoms with van der Waals surface area (Å²) in [5.74, 6) is -0.873. The Kier molecular flexibility index (Phi) is 6.79. The van der Waals surface area contributed by atoms with Gasteiger partial charge in [-0.1, -0.05) is 19.9 Å². The number of hydrogen-bond donors (Lipinski definition) is 3. The van der Waals surface area contributed by atoms with Crippen molar-refractivity contribution in [2.24, 2.45) is 5.92 Å². The molecule has 0 radical (unpaired) electrons. The maximum Gasteiger partial charge on any atom is 0.313 e. The number of carbonyl (C=O) groups is 2. The highest BCUT2D eigenvalue weighted by molar-refractivity contribution is 6.39. The van der Waals surface area contributed by atoms with E-state index in [-0.39, 0.29) is 12.6 Å². The number of amides is 2. The summed E-state index contributed by atoms with van der Waals surface area (Å²) in [6, 6.07) is 5.81. The Bertz CT molecular complexity index is 578. The van der Waals surface area contributed by atoms with Crippen molar-refractivity contribution in [3.8, 4) is 0 Å². The van der Waals surface area contributed by atoms with Crippen LogP contribution in [-0.2, 0) is 22.4 Å². The third-order valence-corrected chi connectivity index (χ3v) is 4.87. The van der Waals surface area contributed by atoms with Gasteiger partial charge < -0.3 is 15.7 Å². The number of aliphatic hydroxyl groups excluding tert-OH is 1. The fourth-order valence-corrected chi connectivity index (χ4v) is 3.31. The Balaban J connectivity index is 1.89. The topological polar surface area (TPSA) is 78.4 Å². The number of nitrogens with one attached hydrogen (secondary N) is 2. The molecule has 0 bridgehead atoms. The molecular weight excluding hydrogens is 304 g/mol. The molecule has 0 aliphatic heterocycles. The van der Waals surface area contributed by atoms with Crippen LogP contribution in [0.3, 0.4) is 0 Å². The van der Waals surface area contributed by atoms with Crippen LogP contribution in [0.25, 0.3) is 0 Å². The highest BCUT2D eigenvalue weighted by atomic mass is 16.3. The molecular formula is C19H28N2O3. The van der Waals surface area contributed by atoms with E-state index in [1.165, 1.54) is 11.1 Å². The molecule has 0 aromatic heterocycles. The predicted molar refractivity (Wildman–Crippen MR) is 94.8 cm³/mol. The van der Waals surface area contributed by atoms with E-state index >= 15 is 0 Å². The molecule has 1 aromatic carbocycles. The van der Waals surface area contributed by atoms with Crippen LogP contribution in [0.2, 0.25) is 0 Å². The second-order valence-electron chi connectivity index (χ2n) is 6.52. The summed E-state index contributed by atoms with van der Waals surface area (Å²) in [6.45, 7) is 4.38. The molecule has 2 amide bonds. The van der Waals surface area contributed by atoms with Gasteiger partial charge in [0, 0.05) is 18.3 Å². The zero-order valence-electron chi connectivity index (χ0n) is 14.6. The maximum absolute atomic E-state index is 12.1. The number of aryl methyl sites for hydroxylation is 2. The van der Waals surface area contributed by atoms with Gasteiger partial charge in [-0.15, -0.1) is 0 Å². The first kappa shape index (κ1) is 18.5. The quantitative estimate of drug-likeness (QED) is 0.725. The fraction of sp³-hybridized carbons (Fsp3) is 0.579. The van der Waals surface area contributed by atoms with Crippen LogP contribution in [0, 0.1) is 5.92 Å². The van der Waals surface area contributed by atoms with Gasteiger partial charge >= 0.3 is 11.8 Å². The van der Waals surface area contributed by atoms with E-state index in [0.717, 1.165) is 38.5 Å². The molecule has 0 unspecified atom stereocenters. The van der Waals surface area contributed by atoms with E-state index in [0.29, 0.717) is 11.6 Å². The molecule has 0 saturated heterocycles. The maximum atomic E-state index is 12.1. The van der Waals surface area contributed by atoms with Crippen LogP contribution in [0.4, 0.5) is 5.69 Å². The zero-order chi connectivity index (χ0) is 17.5. The average molecular weight is 332 g/mol. The van der Waals surface area contributed by atoms with Gasteiger partial charge in [0.05, 0.1) is 0 Å². The second kappa shape index (κ2) is 8.83. The van der Waals surface area contributed by atoms with Crippen LogP contribution in [-0.4, -0.2) is 29.6 Å². The predicted octanol–water partition coefficient (Wildman–Crippen LogP) is 2.42. The molecule has 1 saturated carbocycles. The van der Waals surface area contributed by atoms with Crippen molar-refractivity contribution in [3.05, 3.63) is 29.3 Å². The number of aliphatic hydroxyl groups is 1. The number of carbonyl (C=O) groups excluding carboxylic acids is 2. The molecule has 2 rings (SSSR count). The van der Waals surface area contributed by atoms with Crippen molar-refractivity contribution in [1.82, 2.24) is 5.32 Å². The summed E-state index contributed by atoms with van der Waals surface area (Å²) >= 11 is 0. The normalized spacial score (nSPS) is 20.5. The Labute approximate surface area is 143 Å². The summed E-state index contributed by atoms with van der Waals surface area (Å²) in [6.07, 6.45) is 5.26. The van der Waals surface area contributed by atoms with Gasteiger partial charge in [-0.2, -0.15) is 0 Å². The first-order valence-corrected chi connectivity index (χ1v) is 8.91. The van der Waals surface area contributed by atoms with Gasteiger partial charge in [-0.05, 0) is 67.7 Å². The monoisotopic (exact) mass is 332 g/mol. The Morgan fingerprint density at radius 2 is 1.71 bits per heavy atom. The molecule has 0 atom stereocenters. The molecule has 0 heterocycles. The van der Waals surface area contributed by atoms with Crippen LogP contribution in [0.15, 0.2) is 18.2 Å². The van der Waals surface area contributed by atoms with Crippen molar-refractivity contribution in [3.63, 3.8) is 0 Å². The lowest BCUT2D eigenvalue weighted by Gasteiger charge is -2.27. The summed E-state index contributed by atoms with van der Waals surface area (Å²) in [5.41, 5.74) is 3.12. The molecule has 5 nitrogen and oxygen atoms in total. The van der Waals surface area contributed by atoms with Crippen LogP contribution in [0.1, 0.15) is 50.7 Å². The van der Waals surface area contributed by atoms with Crippen LogP contribution < -0.4 is 10.6 Å². The van der Waals surface area contributed by atoms with Crippen LogP contribution in [0.5, 0.6) is 0 Å². The molecule has 132 valence electrons. The standard InChI is InChI=1S/C19H28N2O3/c1-3-14-7-10-17(11-15(14)4-2)21-19(24)18(23)20-16-8-5-13(12-22)6-9-16/h7,10-11,13,16,22H,3-6,8-9,12H2,1-2H3,(H,20,23)(H,21,24). The van der Waals surface area contributed by atoms with Gasteiger partial charge in [0.25, 0.3) is 0 Å². The molecule has 5 heteroatoms. The molecule has 24 heavy (non-hydrogen) atoms. The molecule has 0 spiro atoms. The lowest BCUT2D eigenvalue weighted by atomic mass is 9.86. The summed E-state index contributed by atoms with van der Waals surface area (Å²) in [5, 5.41) is 14.6. The zero-order valence-corrected chi connectivity index (χ0v) is 14.6. The smallest absolute Gasteiger partial charge is 0.313 e. The van der Waals surface area contributed by atoms with E-state index < -0.39 is 11.8 Å². The number of anilines is 1. The molecule has 1 aliphatic rings. The minimum atomic E-state index is -0.620. The summed E-state index contributed by atoms with van der Waals surface area (Å²) < 4.78 is 0. The first-order chi connectivity index (χ1) is 11.6. The summed E-state index contributed by atoms with van der Waals surface area (Å²) in [4.78, 5) is 24.2. The van der Waals surface area contributed by atoms with Crippen molar-refractivity contribution in [2.45, 2.75) is 58.4 Å². The van der Waals surface area contributed by atoms with Crippen molar-refractivity contribution >= 4 is 17.5 Å². The van der Waals surface area contributed by atoms with Crippen LogP contribution >= 0.6 is 0 Å².